The third kappa shape index (κ3) is 6.26. The molecule has 0 unspecified atom stereocenters. The number of hydrogen-bond acceptors (Lipinski definition) is 6. The fourth-order valence-corrected chi connectivity index (χ4v) is 6.73. The molecule has 2 saturated heterocycles. The van der Waals surface area contributed by atoms with Gasteiger partial charge in [-0.15, -0.1) is 0 Å². The van der Waals surface area contributed by atoms with Gasteiger partial charge in [-0.25, -0.2) is 4.98 Å². The van der Waals surface area contributed by atoms with E-state index in [9.17, 15) is 24.3 Å². The summed E-state index contributed by atoms with van der Waals surface area (Å²) >= 11 is 0. The van der Waals surface area contributed by atoms with Gasteiger partial charge in [-0.05, 0) is 49.1 Å². The quantitative estimate of drug-likeness (QED) is 0.345. The Labute approximate surface area is 261 Å². The van der Waals surface area contributed by atoms with Gasteiger partial charge in [0.2, 0.25) is 11.8 Å². The summed E-state index contributed by atoms with van der Waals surface area (Å²) in [5.41, 5.74) is 1.31. The highest BCUT2D eigenvalue weighted by molar-refractivity contribution is 5.97. The Morgan fingerprint density at radius 1 is 1.00 bits per heavy atom. The molecule has 2 aliphatic rings. The van der Waals surface area contributed by atoms with Crippen LogP contribution in [0.5, 0.6) is 0 Å². The van der Waals surface area contributed by atoms with Gasteiger partial charge in [0.15, 0.2) is 0 Å². The molecule has 234 valence electrons. The molecule has 2 aliphatic heterocycles. The average Bonchev–Trinajstić information content (AvgIpc) is 3.43. The second-order valence-corrected chi connectivity index (χ2v) is 12.3. The first kappa shape index (κ1) is 30.3. The van der Waals surface area contributed by atoms with Gasteiger partial charge in [0, 0.05) is 69.4 Å². The molecule has 0 bridgehead atoms. The number of aliphatic hydroxyl groups is 1. The van der Waals surface area contributed by atoms with Gasteiger partial charge < -0.3 is 24.8 Å². The smallest absolute Gasteiger partial charge is 0.262 e. The molecule has 0 saturated carbocycles. The number of rotatable bonds is 6. The minimum Gasteiger partial charge on any atom is -0.388 e. The van der Waals surface area contributed by atoms with Gasteiger partial charge >= 0.3 is 0 Å². The first-order valence-corrected chi connectivity index (χ1v) is 15.4. The number of aryl methyl sites for hydroxylation is 1. The van der Waals surface area contributed by atoms with Crippen molar-refractivity contribution in [2.45, 2.75) is 44.2 Å². The number of carbonyl (C=O) groups excluding carboxylic acids is 3. The highest BCUT2D eigenvalue weighted by Crippen LogP contribution is 2.36. The Kier molecular flexibility index (Phi) is 8.28. The summed E-state index contributed by atoms with van der Waals surface area (Å²) in [6, 6.07) is 18.5. The lowest BCUT2D eigenvalue weighted by atomic mass is 9.79. The predicted molar refractivity (Wildman–Crippen MR) is 170 cm³/mol. The molecular formula is C34H38N6O5. The predicted octanol–water partition coefficient (Wildman–Crippen LogP) is 2.99. The zero-order chi connectivity index (χ0) is 31.7. The average molecular weight is 611 g/mol. The largest absolute Gasteiger partial charge is 0.388 e. The van der Waals surface area contributed by atoms with E-state index in [1.54, 1.807) is 46.0 Å². The first-order valence-electron chi connectivity index (χ1n) is 15.4. The minimum atomic E-state index is -1.13. The number of likely N-dealkylation sites (tertiary alicyclic amines) is 2. The maximum atomic E-state index is 14.0. The lowest BCUT2D eigenvalue weighted by Crippen LogP contribution is -2.53. The third-order valence-electron chi connectivity index (χ3n) is 9.20. The van der Waals surface area contributed by atoms with Crippen LogP contribution in [0, 0.1) is 5.92 Å². The molecule has 0 spiro atoms. The number of hydrogen-bond donors (Lipinski definition) is 2. The van der Waals surface area contributed by atoms with Crippen LogP contribution < -0.4 is 10.9 Å². The van der Waals surface area contributed by atoms with Crippen molar-refractivity contribution in [2.24, 2.45) is 13.0 Å². The fourth-order valence-electron chi connectivity index (χ4n) is 6.73. The number of nitrogens with zero attached hydrogens (tertiary/aromatic N) is 5. The molecule has 45 heavy (non-hydrogen) atoms. The molecule has 0 aliphatic carbocycles. The second kappa shape index (κ2) is 12.3. The number of nitrogens with one attached hydrogen (secondary N) is 1. The van der Waals surface area contributed by atoms with E-state index in [1.807, 2.05) is 42.3 Å². The molecule has 11 heteroatoms. The maximum absolute atomic E-state index is 14.0. The monoisotopic (exact) mass is 610 g/mol. The number of amides is 3. The van der Waals surface area contributed by atoms with Crippen LogP contribution in [-0.4, -0.2) is 78.5 Å². The zero-order valence-corrected chi connectivity index (χ0v) is 25.6. The summed E-state index contributed by atoms with van der Waals surface area (Å²) in [6.07, 6.45) is 4.47. The SMILES string of the molecule is CC(=O)Nc1cccc(C(=O)N2CC[C@@H](C(=O)N3CCC(O)(Cn4cnc5c(ccn5C)c4=O)CC3)[C@H](c3ccccc3)C2)c1. The lowest BCUT2D eigenvalue weighted by Gasteiger charge is -2.43. The van der Waals surface area contributed by atoms with Crippen LogP contribution in [0.2, 0.25) is 0 Å². The van der Waals surface area contributed by atoms with Crippen LogP contribution in [0.25, 0.3) is 11.0 Å². The van der Waals surface area contributed by atoms with Gasteiger partial charge in [0.1, 0.15) is 12.0 Å². The number of carbonyl (C=O) groups is 3. The summed E-state index contributed by atoms with van der Waals surface area (Å²) in [4.78, 5) is 60.2. The number of benzene rings is 2. The second-order valence-electron chi connectivity index (χ2n) is 12.3. The molecule has 2 aromatic carbocycles. The molecule has 2 atom stereocenters. The van der Waals surface area contributed by atoms with E-state index < -0.39 is 5.60 Å². The summed E-state index contributed by atoms with van der Waals surface area (Å²) < 4.78 is 3.25. The first-order chi connectivity index (χ1) is 21.6. The summed E-state index contributed by atoms with van der Waals surface area (Å²) in [5.74, 6) is -0.844. The van der Waals surface area contributed by atoms with E-state index >= 15 is 0 Å². The Morgan fingerprint density at radius 3 is 2.49 bits per heavy atom. The van der Waals surface area contributed by atoms with E-state index in [4.69, 9.17) is 0 Å². The number of aromatic nitrogens is 3. The number of fused-ring (bicyclic) bond motifs is 1. The van der Waals surface area contributed by atoms with Crippen molar-refractivity contribution in [1.82, 2.24) is 23.9 Å². The van der Waals surface area contributed by atoms with Crippen molar-refractivity contribution >= 4 is 34.4 Å². The summed E-state index contributed by atoms with van der Waals surface area (Å²) in [7, 11) is 1.83. The van der Waals surface area contributed by atoms with Crippen LogP contribution in [-0.2, 0) is 23.2 Å². The van der Waals surface area contributed by atoms with Crippen molar-refractivity contribution in [2.75, 3.05) is 31.5 Å². The highest BCUT2D eigenvalue weighted by atomic mass is 16.3. The van der Waals surface area contributed by atoms with Crippen molar-refractivity contribution in [3.8, 4) is 0 Å². The molecular weight excluding hydrogens is 572 g/mol. The zero-order valence-electron chi connectivity index (χ0n) is 25.6. The maximum Gasteiger partial charge on any atom is 0.262 e. The summed E-state index contributed by atoms with van der Waals surface area (Å²) in [5, 5.41) is 14.7. The molecule has 2 aromatic heterocycles. The topological polar surface area (TPSA) is 130 Å². The minimum absolute atomic E-state index is 0.0233. The van der Waals surface area contributed by atoms with Crippen LogP contribution in [0.1, 0.15) is 48.0 Å². The lowest BCUT2D eigenvalue weighted by molar-refractivity contribution is -0.142. The Bertz CT molecular complexity index is 1790. The fraction of sp³-hybridized carbons (Fsp3) is 0.382. The van der Waals surface area contributed by atoms with Gasteiger partial charge in [-0.2, -0.15) is 0 Å². The molecule has 11 nitrogen and oxygen atoms in total. The van der Waals surface area contributed by atoms with E-state index in [-0.39, 0.29) is 41.7 Å². The molecule has 3 amide bonds. The highest BCUT2D eigenvalue weighted by Gasteiger charge is 2.41. The molecule has 6 rings (SSSR count). The number of piperidine rings is 2. The molecule has 4 aromatic rings. The van der Waals surface area contributed by atoms with E-state index in [2.05, 4.69) is 10.3 Å². The Morgan fingerprint density at radius 2 is 1.76 bits per heavy atom. The Balaban J connectivity index is 1.15. The van der Waals surface area contributed by atoms with E-state index in [1.165, 1.54) is 17.8 Å². The molecule has 2 N–H and O–H groups in total. The normalized spacial score (nSPS) is 19.8. The molecule has 2 fully saturated rings. The third-order valence-corrected chi connectivity index (χ3v) is 9.20. The number of anilines is 1. The van der Waals surface area contributed by atoms with Crippen molar-refractivity contribution in [1.29, 1.82) is 0 Å². The van der Waals surface area contributed by atoms with Crippen LogP contribution in [0.3, 0.4) is 0 Å². The van der Waals surface area contributed by atoms with Gasteiger partial charge in [-0.3, -0.25) is 23.7 Å². The van der Waals surface area contributed by atoms with Crippen LogP contribution in [0.4, 0.5) is 5.69 Å². The van der Waals surface area contributed by atoms with Crippen LogP contribution >= 0.6 is 0 Å². The van der Waals surface area contributed by atoms with Gasteiger partial charge in [-0.1, -0.05) is 36.4 Å². The standard InChI is InChI=1S/C34H38N6O5/c1-23(41)36-26-10-6-9-25(19-26)31(42)39-16-12-27(29(20-39)24-7-4-3-5-8-24)32(43)38-17-13-34(45,14-18-38)21-40-22-35-30-28(33(40)44)11-15-37(30)2/h3-11,15,19,22,27,29,45H,12-14,16-18,20-21H2,1-2H3,(H,36,41)/t27-,29+/m1/s1. The van der Waals surface area contributed by atoms with E-state index in [0.717, 1.165) is 5.56 Å². The van der Waals surface area contributed by atoms with Gasteiger partial charge in [0.05, 0.1) is 17.5 Å². The van der Waals surface area contributed by atoms with Crippen molar-refractivity contribution in [3.05, 3.63) is 94.7 Å². The van der Waals surface area contributed by atoms with Crippen LogP contribution in [0.15, 0.2) is 78.0 Å². The van der Waals surface area contributed by atoms with Crippen molar-refractivity contribution in [3.63, 3.8) is 0 Å². The van der Waals surface area contributed by atoms with E-state index in [0.29, 0.717) is 67.7 Å². The van der Waals surface area contributed by atoms with Crippen molar-refractivity contribution < 1.29 is 19.5 Å². The summed E-state index contributed by atoms with van der Waals surface area (Å²) in [6.45, 7) is 3.11. The van der Waals surface area contributed by atoms with Gasteiger partial charge in [0.25, 0.3) is 11.5 Å². The molecule has 4 heterocycles. The Hall–Kier alpha value is -4.77. The molecule has 0 radical (unpaired) electrons.